The van der Waals surface area contributed by atoms with Crippen molar-refractivity contribution in [1.82, 2.24) is 25.4 Å². The molecule has 0 radical (unpaired) electrons. The van der Waals surface area contributed by atoms with Gasteiger partial charge in [-0.05, 0) is 129 Å². The molecule has 6 amide bonds. The summed E-state index contributed by atoms with van der Waals surface area (Å²) in [7, 11) is 0. The number of ether oxygens (including phenoxy) is 3. The van der Waals surface area contributed by atoms with E-state index in [1.807, 2.05) is 37.3 Å². The van der Waals surface area contributed by atoms with Gasteiger partial charge >= 0.3 is 0 Å². The highest BCUT2D eigenvalue weighted by Gasteiger charge is 2.46. The van der Waals surface area contributed by atoms with Crippen LogP contribution in [0.3, 0.4) is 0 Å². The zero-order chi connectivity index (χ0) is 45.5. The molecule has 3 aromatic carbocycles. The second kappa shape index (κ2) is 20.7. The van der Waals surface area contributed by atoms with E-state index in [4.69, 9.17) is 14.2 Å². The summed E-state index contributed by atoms with van der Waals surface area (Å²) in [6.07, 6.45) is 8.38. The van der Waals surface area contributed by atoms with E-state index in [1.165, 1.54) is 24.3 Å². The Balaban J connectivity index is 0.670. The maximum Gasteiger partial charge on any atom is 0.266 e. The fraction of sp³-hybridized carbons (Fsp3) is 0.449. The van der Waals surface area contributed by atoms with Gasteiger partial charge in [-0.25, -0.2) is 4.39 Å². The number of hydrogen-bond acceptors (Lipinski definition) is 11. The number of imide groups is 2. The lowest BCUT2D eigenvalue weighted by atomic mass is 9.73. The number of amides is 6. The van der Waals surface area contributed by atoms with E-state index in [0.29, 0.717) is 19.1 Å². The molecule has 4 heterocycles. The number of aromatic nitrogens is 1. The number of carbonyl (C=O) groups is 6. The molecule has 15 nitrogen and oxygen atoms in total. The molecule has 3 aliphatic heterocycles. The van der Waals surface area contributed by atoms with Crippen molar-refractivity contribution < 1.29 is 47.4 Å². The topological polar surface area (TPSA) is 186 Å². The van der Waals surface area contributed by atoms with Crippen molar-refractivity contribution in [2.24, 2.45) is 11.8 Å². The number of hydrogen-bond donors (Lipinski definition) is 3. The van der Waals surface area contributed by atoms with Crippen molar-refractivity contribution >= 4 is 52.0 Å². The van der Waals surface area contributed by atoms with E-state index in [0.717, 1.165) is 97.4 Å². The summed E-state index contributed by atoms with van der Waals surface area (Å²) in [4.78, 5) is 83.6. The summed E-state index contributed by atoms with van der Waals surface area (Å²) in [5, 5.41) is 8.88. The Morgan fingerprint density at radius 1 is 0.908 bits per heavy atom. The average Bonchev–Trinajstić information content (AvgIpc) is 3.57. The largest absolute Gasteiger partial charge is 0.490 e. The van der Waals surface area contributed by atoms with E-state index in [-0.39, 0.29) is 72.5 Å². The summed E-state index contributed by atoms with van der Waals surface area (Å²) in [6, 6.07) is 17.8. The number of rotatable bonds is 17. The number of halogens is 1. The molecule has 0 spiro atoms. The van der Waals surface area contributed by atoms with Gasteiger partial charge in [0.25, 0.3) is 17.7 Å². The van der Waals surface area contributed by atoms with Gasteiger partial charge in [-0.3, -0.25) is 44.0 Å². The highest BCUT2D eigenvalue weighted by atomic mass is 19.1. The van der Waals surface area contributed by atoms with Gasteiger partial charge in [0.2, 0.25) is 17.7 Å². The lowest BCUT2D eigenvalue weighted by molar-refractivity contribution is -0.136. The molecule has 2 saturated heterocycles. The number of likely N-dealkylation sites (tertiary alicyclic amines) is 1. The first-order valence-electron chi connectivity index (χ1n) is 22.7. The Labute approximate surface area is 376 Å². The number of nitrogens with zero attached hydrogens (tertiary/aromatic N) is 3. The van der Waals surface area contributed by atoms with E-state index < -0.39 is 35.6 Å². The van der Waals surface area contributed by atoms with Crippen LogP contribution < -0.4 is 25.4 Å². The lowest BCUT2D eigenvalue weighted by Gasteiger charge is -2.32. The summed E-state index contributed by atoms with van der Waals surface area (Å²) in [5.41, 5.74) is 2.76. The number of benzene rings is 3. The molecule has 65 heavy (non-hydrogen) atoms. The number of piperidine rings is 2. The van der Waals surface area contributed by atoms with Crippen LogP contribution in [0.2, 0.25) is 0 Å². The lowest BCUT2D eigenvalue weighted by Crippen LogP contribution is -2.54. The summed E-state index contributed by atoms with van der Waals surface area (Å²) in [5.74, 6) is -1.87. The molecule has 4 aliphatic rings. The minimum absolute atomic E-state index is 0.0134. The monoisotopic (exact) mass is 890 g/mol. The second-order valence-corrected chi connectivity index (χ2v) is 17.4. The van der Waals surface area contributed by atoms with Crippen LogP contribution in [-0.2, 0) is 23.9 Å². The van der Waals surface area contributed by atoms with Crippen LogP contribution in [0.5, 0.6) is 11.5 Å². The number of carbonyl (C=O) groups excluding carboxylic acids is 6. The van der Waals surface area contributed by atoms with Crippen LogP contribution in [0.15, 0.2) is 72.9 Å². The molecule has 1 aromatic heterocycles. The maximum atomic E-state index is 14.0. The summed E-state index contributed by atoms with van der Waals surface area (Å²) in [6.45, 7) is 5.44. The number of nitrogens with one attached hydrogen (secondary N) is 3. The fourth-order valence-corrected chi connectivity index (χ4v) is 9.51. The molecule has 3 fully saturated rings. The summed E-state index contributed by atoms with van der Waals surface area (Å²) < 4.78 is 31.7. The van der Waals surface area contributed by atoms with Gasteiger partial charge in [-0.1, -0.05) is 13.0 Å². The SMILES string of the molecule is C[C@@H](C(=O)Nc1ccc(OC2CCN(CCCOCCNC(=O)COc3cccc4c3C(=O)N(C3CCC(=O)NC3=O)C4=O)CC2)cc1)C1CCC(c2ccnc3ccc(F)cc23)CC1. The molecule has 1 unspecified atom stereocenters. The molecule has 4 aromatic rings. The Morgan fingerprint density at radius 2 is 1.69 bits per heavy atom. The van der Waals surface area contributed by atoms with Gasteiger partial charge in [0.1, 0.15) is 29.5 Å². The van der Waals surface area contributed by atoms with Crippen molar-refractivity contribution in [2.45, 2.75) is 82.8 Å². The fourth-order valence-electron chi connectivity index (χ4n) is 9.51. The summed E-state index contributed by atoms with van der Waals surface area (Å²) >= 11 is 0. The van der Waals surface area contributed by atoms with Crippen molar-refractivity contribution in [3.63, 3.8) is 0 Å². The first-order chi connectivity index (χ1) is 31.5. The highest BCUT2D eigenvalue weighted by molar-refractivity contribution is 6.24. The minimum Gasteiger partial charge on any atom is -0.490 e. The Hall–Kier alpha value is -6.26. The Bertz CT molecular complexity index is 2410. The minimum atomic E-state index is -1.10. The predicted molar refractivity (Wildman–Crippen MR) is 238 cm³/mol. The van der Waals surface area contributed by atoms with Crippen molar-refractivity contribution in [3.05, 3.63) is 95.4 Å². The van der Waals surface area contributed by atoms with Crippen molar-refractivity contribution in [2.75, 3.05) is 51.3 Å². The zero-order valence-electron chi connectivity index (χ0n) is 36.5. The van der Waals surface area contributed by atoms with E-state index >= 15 is 0 Å². The number of fused-ring (bicyclic) bond motifs is 2. The van der Waals surface area contributed by atoms with Gasteiger partial charge < -0.3 is 29.7 Å². The highest BCUT2D eigenvalue weighted by Crippen LogP contribution is 2.41. The second-order valence-electron chi connectivity index (χ2n) is 17.4. The number of anilines is 1. The van der Waals surface area contributed by atoms with Crippen molar-refractivity contribution in [1.29, 1.82) is 0 Å². The molecule has 1 aliphatic carbocycles. The standard InChI is InChI=1S/C49H55FN6O9/c1-30(31-6-8-32(9-7-31)37-18-21-51-40-15-10-33(50)28-39(37)40)46(59)53-34-11-13-35(14-12-34)65-36-19-24-55(25-20-36)23-3-26-63-27-22-52-44(58)29-64-42-5-2-4-38-45(42)49(62)56(48(38)61)41-16-17-43(57)54-47(41)60/h2,4-5,10-15,18,21,28,30-32,36,41H,3,6-9,16-17,19-20,22-27,29H2,1H3,(H,52,58)(H,53,59)(H,54,57,60)/t30-,31?,32?,41?/m1/s1. The Kier molecular flexibility index (Phi) is 14.4. The zero-order valence-corrected chi connectivity index (χ0v) is 36.5. The van der Waals surface area contributed by atoms with Gasteiger partial charge in [-0.15, -0.1) is 0 Å². The van der Waals surface area contributed by atoms with E-state index in [2.05, 4.69) is 25.8 Å². The van der Waals surface area contributed by atoms with Gasteiger partial charge in [0.05, 0.1) is 23.3 Å². The molecule has 1 saturated carbocycles. The van der Waals surface area contributed by atoms with E-state index in [9.17, 15) is 33.2 Å². The Morgan fingerprint density at radius 3 is 2.46 bits per heavy atom. The van der Waals surface area contributed by atoms with Crippen LogP contribution in [0.1, 0.15) is 96.9 Å². The van der Waals surface area contributed by atoms with Gasteiger partial charge in [0.15, 0.2) is 6.61 Å². The molecular weight excluding hydrogens is 836 g/mol. The average molecular weight is 891 g/mol. The maximum absolute atomic E-state index is 14.0. The van der Waals surface area contributed by atoms with Gasteiger partial charge in [-0.2, -0.15) is 0 Å². The van der Waals surface area contributed by atoms with E-state index in [1.54, 1.807) is 18.3 Å². The molecule has 3 N–H and O–H groups in total. The van der Waals surface area contributed by atoms with Gasteiger partial charge in [0, 0.05) is 62.4 Å². The molecule has 342 valence electrons. The molecule has 16 heteroatoms. The van der Waals surface area contributed by atoms with Crippen molar-refractivity contribution in [3.8, 4) is 11.5 Å². The quantitative estimate of drug-likeness (QED) is 0.0864. The molecule has 2 atom stereocenters. The molecular formula is C49H55FN6O9. The van der Waals surface area contributed by atoms with Crippen LogP contribution in [0.25, 0.3) is 10.9 Å². The normalized spacial score (nSPS) is 20.9. The third-order valence-corrected chi connectivity index (χ3v) is 13.1. The molecule has 8 rings (SSSR count). The first-order valence-corrected chi connectivity index (χ1v) is 22.7. The first kappa shape index (κ1) is 45.3. The van der Waals surface area contributed by atoms with Crippen LogP contribution in [0, 0.1) is 17.7 Å². The van der Waals surface area contributed by atoms with Crippen LogP contribution in [0.4, 0.5) is 10.1 Å². The van der Waals surface area contributed by atoms with Crippen LogP contribution >= 0.6 is 0 Å². The third-order valence-electron chi connectivity index (χ3n) is 13.1. The third kappa shape index (κ3) is 10.8. The predicted octanol–water partition coefficient (Wildman–Crippen LogP) is 5.77. The number of pyridine rings is 1. The van der Waals surface area contributed by atoms with Crippen LogP contribution in [-0.4, -0.2) is 108 Å². The molecule has 0 bridgehead atoms. The smallest absolute Gasteiger partial charge is 0.266 e.